The van der Waals surface area contributed by atoms with Crippen molar-refractivity contribution < 1.29 is 14.7 Å². The van der Waals surface area contributed by atoms with Gasteiger partial charge in [0.1, 0.15) is 0 Å². The highest BCUT2D eigenvalue weighted by molar-refractivity contribution is 6.33. The molecule has 21 heavy (non-hydrogen) atoms. The lowest BCUT2D eigenvalue weighted by molar-refractivity contribution is 0.0695. The summed E-state index contributed by atoms with van der Waals surface area (Å²) in [6, 6.07) is 9.24. The van der Waals surface area contributed by atoms with Gasteiger partial charge in [0.2, 0.25) is 0 Å². The van der Waals surface area contributed by atoms with E-state index in [2.05, 4.69) is 5.32 Å². The molecule has 1 amide bonds. The molecule has 4 N–H and O–H groups in total. The van der Waals surface area contributed by atoms with Crippen LogP contribution in [0.4, 0.5) is 11.4 Å². The zero-order valence-electron chi connectivity index (χ0n) is 11.2. The Morgan fingerprint density at radius 2 is 1.95 bits per heavy atom. The van der Waals surface area contributed by atoms with E-state index in [1.807, 2.05) is 0 Å². The van der Waals surface area contributed by atoms with Crippen LogP contribution >= 0.6 is 11.6 Å². The molecule has 2 aromatic carbocycles. The molecule has 108 valence electrons. The Morgan fingerprint density at radius 3 is 2.57 bits per heavy atom. The van der Waals surface area contributed by atoms with Gasteiger partial charge in [-0.15, -0.1) is 0 Å². The fraction of sp³-hybridized carbons (Fsp3) is 0.0667. The molecule has 0 saturated carbocycles. The number of hydrogen-bond donors (Lipinski definition) is 3. The van der Waals surface area contributed by atoms with E-state index in [0.717, 1.165) is 0 Å². The van der Waals surface area contributed by atoms with Crippen LogP contribution in [0, 0.1) is 6.92 Å². The van der Waals surface area contributed by atoms with Gasteiger partial charge in [0.25, 0.3) is 5.91 Å². The number of aromatic carboxylic acids is 1. The van der Waals surface area contributed by atoms with Crippen LogP contribution in [-0.2, 0) is 0 Å². The van der Waals surface area contributed by atoms with Gasteiger partial charge in [-0.3, -0.25) is 4.79 Å². The van der Waals surface area contributed by atoms with E-state index < -0.39 is 5.97 Å². The first-order chi connectivity index (χ1) is 9.90. The normalized spacial score (nSPS) is 10.2. The molecule has 0 bridgehead atoms. The van der Waals surface area contributed by atoms with Crippen molar-refractivity contribution in [3.05, 3.63) is 58.1 Å². The van der Waals surface area contributed by atoms with Gasteiger partial charge in [-0.05, 0) is 42.8 Å². The van der Waals surface area contributed by atoms with Crippen LogP contribution in [-0.4, -0.2) is 17.0 Å². The number of nitrogens with two attached hydrogens (primary N) is 1. The molecular formula is C15H13ClN2O3. The zero-order valence-corrected chi connectivity index (χ0v) is 11.9. The SMILES string of the molecule is Cc1c(NC(=O)c2ccc(Cl)c(N)c2)cccc1C(=O)O. The van der Waals surface area contributed by atoms with Crippen molar-refractivity contribution in [2.24, 2.45) is 0 Å². The number of halogens is 1. The lowest BCUT2D eigenvalue weighted by Gasteiger charge is -2.11. The number of nitrogens with one attached hydrogen (secondary N) is 1. The second-order valence-electron chi connectivity index (χ2n) is 4.47. The highest BCUT2D eigenvalue weighted by Gasteiger charge is 2.13. The molecular weight excluding hydrogens is 292 g/mol. The van der Waals surface area contributed by atoms with Crippen molar-refractivity contribution in [3.8, 4) is 0 Å². The van der Waals surface area contributed by atoms with E-state index in [1.54, 1.807) is 25.1 Å². The summed E-state index contributed by atoms with van der Waals surface area (Å²) in [6.45, 7) is 1.63. The van der Waals surface area contributed by atoms with Crippen molar-refractivity contribution in [2.75, 3.05) is 11.1 Å². The molecule has 0 aliphatic heterocycles. The van der Waals surface area contributed by atoms with Gasteiger partial charge in [-0.2, -0.15) is 0 Å². The van der Waals surface area contributed by atoms with Crippen molar-refractivity contribution in [1.82, 2.24) is 0 Å². The van der Waals surface area contributed by atoms with Crippen molar-refractivity contribution in [1.29, 1.82) is 0 Å². The van der Waals surface area contributed by atoms with Crippen LogP contribution in [0.3, 0.4) is 0 Å². The van der Waals surface area contributed by atoms with Crippen LogP contribution < -0.4 is 11.1 Å². The Morgan fingerprint density at radius 1 is 1.24 bits per heavy atom. The van der Waals surface area contributed by atoms with Crippen molar-refractivity contribution in [2.45, 2.75) is 6.92 Å². The summed E-state index contributed by atoms with van der Waals surface area (Å²) in [5, 5.41) is 12.1. The number of nitrogen functional groups attached to an aromatic ring is 1. The van der Waals surface area contributed by atoms with Crippen LogP contribution in [0.1, 0.15) is 26.3 Å². The van der Waals surface area contributed by atoms with E-state index in [-0.39, 0.29) is 11.5 Å². The highest BCUT2D eigenvalue weighted by atomic mass is 35.5. The molecule has 0 heterocycles. The Balaban J connectivity index is 2.29. The minimum atomic E-state index is -1.04. The Hall–Kier alpha value is -2.53. The summed E-state index contributed by atoms with van der Waals surface area (Å²) in [5.74, 6) is -1.43. The lowest BCUT2D eigenvalue weighted by Crippen LogP contribution is -2.14. The predicted octanol–water partition coefficient (Wildman–Crippen LogP) is 3.18. The molecule has 0 radical (unpaired) electrons. The molecule has 0 saturated heterocycles. The number of anilines is 2. The van der Waals surface area contributed by atoms with E-state index in [0.29, 0.717) is 27.5 Å². The van der Waals surface area contributed by atoms with E-state index >= 15 is 0 Å². The third kappa shape index (κ3) is 3.14. The molecule has 5 nitrogen and oxygen atoms in total. The number of amides is 1. The first-order valence-corrected chi connectivity index (χ1v) is 6.47. The minimum Gasteiger partial charge on any atom is -0.478 e. The number of carboxylic acids is 1. The Bertz CT molecular complexity index is 729. The number of carboxylic acid groups (broad SMARTS) is 1. The number of carbonyl (C=O) groups excluding carboxylic acids is 1. The summed E-state index contributed by atoms with van der Waals surface area (Å²) in [4.78, 5) is 23.2. The molecule has 0 unspecified atom stereocenters. The van der Waals surface area contributed by atoms with E-state index in [1.165, 1.54) is 18.2 Å². The average Bonchev–Trinajstić information content (AvgIpc) is 2.43. The summed E-state index contributed by atoms with van der Waals surface area (Å²) in [7, 11) is 0. The first kappa shape index (κ1) is 14.9. The van der Waals surface area contributed by atoms with Gasteiger partial charge in [-0.25, -0.2) is 4.79 Å². The molecule has 2 rings (SSSR count). The van der Waals surface area contributed by atoms with Gasteiger partial charge in [-0.1, -0.05) is 17.7 Å². The fourth-order valence-electron chi connectivity index (χ4n) is 1.88. The number of hydrogen-bond acceptors (Lipinski definition) is 3. The fourth-order valence-corrected chi connectivity index (χ4v) is 2.00. The van der Waals surface area contributed by atoms with Crippen molar-refractivity contribution >= 4 is 34.9 Å². The van der Waals surface area contributed by atoms with Gasteiger partial charge in [0.05, 0.1) is 16.3 Å². The smallest absolute Gasteiger partial charge is 0.336 e. The van der Waals surface area contributed by atoms with Gasteiger partial charge in [0.15, 0.2) is 0 Å². The van der Waals surface area contributed by atoms with Crippen LogP contribution in [0.15, 0.2) is 36.4 Å². The molecule has 0 aliphatic carbocycles. The Kier molecular flexibility index (Phi) is 4.14. The van der Waals surface area contributed by atoms with Crippen molar-refractivity contribution in [3.63, 3.8) is 0 Å². The third-order valence-electron chi connectivity index (χ3n) is 3.07. The lowest BCUT2D eigenvalue weighted by atomic mass is 10.1. The predicted molar refractivity (Wildman–Crippen MR) is 82.0 cm³/mol. The number of rotatable bonds is 3. The Labute approximate surface area is 126 Å². The quantitative estimate of drug-likeness (QED) is 0.759. The van der Waals surface area contributed by atoms with Gasteiger partial charge < -0.3 is 16.2 Å². The zero-order chi connectivity index (χ0) is 15.6. The first-order valence-electron chi connectivity index (χ1n) is 6.09. The highest BCUT2D eigenvalue weighted by Crippen LogP contribution is 2.22. The second-order valence-corrected chi connectivity index (χ2v) is 4.88. The molecule has 2 aromatic rings. The molecule has 6 heteroatoms. The second kappa shape index (κ2) is 5.85. The summed E-state index contributed by atoms with van der Waals surface area (Å²) >= 11 is 5.80. The van der Waals surface area contributed by atoms with Crippen LogP contribution in [0.25, 0.3) is 0 Å². The van der Waals surface area contributed by atoms with Gasteiger partial charge in [0, 0.05) is 11.3 Å². The number of carbonyl (C=O) groups is 2. The van der Waals surface area contributed by atoms with E-state index in [4.69, 9.17) is 22.4 Å². The topological polar surface area (TPSA) is 92.4 Å². The van der Waals surface area contributed by atoms with Crippen LogP contribution in [0.5, 0.6) is 0 Å². The minimum absolute atomic E-state index is 0.142. The average molecular weight is 305 g/mol. The molecule has 0 spiro atoms. The monoisotopic (exact) mass is 304 g/mol. The maximum atomic E-state index is 12.2. The number of benzene rings is 2. The third-order valence-corrected chi connectivity index (χ3v) is 3.41. The summed E-state index contributed by atoms with van der Waals surface area (Å²) in [5.41, 5.74) is 7.37. The molecule has 0 aromatic heterocycles. The van der Waals surface area contributed by atoms with E-state index in [9.17, 15) is 9.59 Å². The van der Waals surface area contributed by atoms with Crippen LogP contribution in [0.2, 0.25) is 5.02 Å². The molecule has 0 atom stereocenters. The summed E-state index contributed by atoms with van der Waals surface area (Å²) < 4.78 is 0. The maximum absolute atomic E-state index is 12.2. The standard InChI is InChI=1S/C15H13ClN2O3/c1-8-10(15(20)21)3-2-4-13(8)18-14(19)9-5-6-11(16)12(17)7-9/h2-7H,17H2,1H3,(H,18,19)(H,20,21). The largest absolute Gasteiger partial charge is 0.478 e. The summed E-state index contributed by atoms with van der Waals surface area (Å²) in [6.07, 6.45) is 0. The molecule has 0 aliphatic rings. The maximum Gasteiger partial charge on any atom is 0.336 e. The van der Waals surface area contributed by atoms with Gasteiger partial charge >= 0.3 is 5.97 Å². The molecule has 0 fully saturated rings.